The number of carbonyl (C=O) groups is 1. The summed E-state index contributed by atoms with van der Waals surface area (Å²) in [6, 6.07) is 18.2. The normalized spacial score (nSPS) is 12.2. The molecular formula is C20H25NO2. The van der Waals surface area contributed by atoms with Crippen LogP contribution in [0.3, 0.4) is 0 Å². The molecule has 2 aromatic rings. The Morgan fingerprint density at radius 2 is 1.83 bits per heavy atom. The molecule has 0 unspecified atom stereocenters. The summed E-state index contributed by atoms with van der Waals surface area (Å²) in [5, 5.41) is 0. The van der Waals surface area contributed by atoms with E-state index >= 15 is 0 Å². The maximum Gasteiger partial charge on any atom is 0.311 e. The van der Waals surface area contributed by atoms with Crippen LogP contribution >= 0.6 is 0 Å². The maximum atomic E-state index is 12.0. The number of carbonyl (C=O) groups excluding carboxylic acids is 1. The van der Waals surface area contributed by atoms with Crippen molar-refractivity contribution >= 4 is 5.97 Å². The quantitative estimate of drug-likeness (QED) is 0.566. The predicted octanol–water partition coefficient (Wildman–Crippen LogP) is 4.24. The number of nitrogens with zero attached hydrogens (tertiary/aromatic N) is 1. The van der Waals surface area contributed by atoms with Crippen LogP contribution in [0.1, 0.15) is 36.9 Å². The van der Waals surface area contributed by atoms with Crippen LogP contribution in [-0.2, 0) is 11.2 Å². The molecule has 1 atom stereocenters. The molecule has 0 saturated carbocycles. The van der Waals surface area contributed by atoms with Crippen molar-refractivity contribution in [2.75, 3.05) is 14.1 Å². The Morgan fingerprint density at radius 1 is 1.09 bits per heavy atom. The van der Waals surface area contributed by atoms with Crippen LogP contribution in [0.4, 0.5) is 0 Å². The van der Waals surface area contributed by atoms with E-state index in [4.69, 9.17) is 4.74 Å². The lowest BCUT2D eigenvalue weighted by molar-refractivity contribution is -0.134. The zero-order valence-corrected chi connectivity index (χ0v) is 14.2. The van der Waals surface area contributed by atoms with Gasteiger partial charge in [-0.05, 0) is 57.1 Å². The van der Waals surface area contributed by atoms with Crippen molar-refractivity contribution in [3.05, 3.63) is 65.7 Å². The van der Waals surface area contributed by atoms with Gasteiger partial charge in [-0.15, -0.1) is 0 Å². The fourth-order valence-electron chi connectivity index (χ4n) is 2.40. The van der Waals surface area contributed by atoms with Crippen molar-refractivity contribution in [1.82, 2.24) is 4.90 Å². The zero-order valence-electron chi connectivity index (χ0n) is 14.2. The second-order valence-corrected chi connectivity index (χ2v) is 6.03. The fourth-order valence-corrected chi connectivity index (χ4v) is 2.40. The Balaban J connectivity index is 1.84. The van der Waals surface area contributed by atoms with Gasteiger partial charge in [0.2, 0.25) is 0 Å². The molecule has 0 radical (unpaired) electrons. The number of ether oxygens (including phenoxy) is 1. The summed E-state index contributed by atoms with van der Waals surface area (Å²) in [6.07, 6.45) is 2.13. The lowest BCUT2D eigenvalue weighted by Crippen LogP contribution is -2.17. The van der Waals surface area contributed by atoms with Crippen LogP contribution in [-0.4, -0.2) is 25.0 Å². The van der Waals surface area contributed by atoms with Gasteiger partial charge in [0.1, 0.15) is 5.75 Å². The van der Waals surface area contributed by atoms with Gasteiger partial charge in [0, 0.05) is 12.5 Å². The predicted molar refractivity (Wildman–Crippen MR) is 93.6 cm³/mol. The molecule has 0 aliphatic heterocycles. The van der Waals surface area contributed by atoms with E-state index in [1.807, 2.05) is 50.5 Å². The number of benzene rings is 2. The number of aryl methyl sites for hydroxylation is 1. The molecule has 2 aromatic carbocycles. The van der Waals surface area contributed by atoms with E-state index in [2.05, 4.69) is 30.0 Å². The first kappa shape index (κ1) is 17.2. The summed E-state index contributed by atoms with van der Waals surface area (Å²) in [7, 11) is 4.07. The topological polar surface area (TPSA) is 29.5 Å². The van der Waals surface area contributed by atoms with Crippen LogP contribution in [0.2, 0.25) is 0 Å². The van der Waals surface area contributed by atoms with Crippen molar-refractivity contribution in [2.45, 2.75) is 32.2 Å². The van der Waals surface area contributed by atoms with Crippen LogP contribution in [0, 0.1) is 0 Å². The zero-order chi connectivity index (χ0) is 16.7. The molecule has 0 aliphatic rings. The molecule has 23 heavy (non-hydrogen) atoms. The lowest BCUT2D eigenvalue weighted by Gasteiger charge is -2.20. The van der Waals surface area contributed by atoms with Gasteiger partial charge in [0.05, 0.1) is 0 Å². The average Bonchev–Trinajstić information content (AvgIpc) is 2.55. The standard InChI is InChI=1S/C20H25NO2/c1-16(21(2)3)18-12-8-13-19(15-18)23-20(22)14-7-11-17-9-5-4-6-10-17/h4-6,8-10,12-13,15-16H,7,11,14H2,1-3H3/t16-/m0/s1. The Hall–Kier alpha value is -2.13. The van der Waals surface area contributed by atoms with Gasteiger partial charge < -0.3 is 9.64 Å². The Bertz CT molecular complexity index is 623. The van der Waals surface area contributed by atoms with Crippen LogP contribution in [0.5, 0.6) is 5.75 Å². The lowest BCUT2D eigenvalue weighted by atomic mass is 10.1. The molecule has 2 rings (SSSR count). The van der Waals surface area contributed by atoms with Gasteiger partial charge in [-0.2, -0.15) is 0 Å². The minimum atomic E-state index is -0.171. The molecule has 122 valence electrons. The van der Waals surface area contributed by atoms with Gasteiger partial charge in [-0.3, -0.25) is 4.79 Å². The minimum Gasteiger partial charge on any atom is -0.427 e. The first-order valence-corrected chi connectivity index (χ1v) is 8.07. The number of esters is 1. The molecule has 0 fully saturated rings. The molecule has 0 heterocycles. The highest BCUT2D eigenvalue weighted by atomic mass is 16.5. The molecular weight excluding hydrogens is 286 g/mol. The molecule has 0 bridgehead atoms. The molecule has 0 aromatic heterocycles. The fraction of sp³-hybridized carbons (Fsp3) is 0.350. The summed E-state index contributed by atoms with van der Waals surface area (Å²) < 4.78 is 5.47. The molecule has 0 aliphatic carbocycles. The van der Waals surface area contributed by atoms with Crippen molar-refractivity contribution in [3.63, 3.8) is 0 Å². The van der Waals surface area contributed by atoms with Gasteiger partial charge in [-0.1, -0.05) is 42.5 Å². The highest BCUT2D eigenvalue weighted by molar-refractivity contribution is 5.72. The SMILES string of the molecule is C[C@@H](c1cccc(OC(=O)CCCc2ccccc2)c1)N(C)C. The van der Waals surface area contributed by atoms with Crippen LogP contribution < -0.4 is 4.74 Å². The van der Waals surface area contributed by atoms with E-state index in [1.165, 1.54) is 5.56 Å². The third-order valence-corrected chi connectivity index (χ3v) is 4.04. The molecule has 0 saturated heterocycles. The number of rotatable bonds is 7. The smallest absolute Gasteiger partial charge is 0.311 e. The van der Waals surface area contributed by atoms with E-state index in [0.29, 0.717) is 12.2 Å². The van der Waals surface area contributed by atoms with E-state index in [1.54, 1.807) is 0 Å². The largest absolute Gasteiger partial charge is 0.427 e. The highest BCUT2D eigenvalue weighted by Gasteiger charge is 2.10. The molecule has 0 spiro atoms. The maximum absolute atomic E-state index is 12.0. The number of hydrogen-bond donors (Lipinski definition) is 0. The summed E-state index contributed by atoms with van der Waals surface area (Å²) in [4.78, 5) is 14.1. The van der Waals surface area contributed by atoms with Gasteiger partial charge in [0.15, 0.2) is 0 Å². The monoisotopic (exact) mass is 311 g/mol. The Morgan fingerprint density at radius 3 is 2.52 bits per heavy atom. The second-order valence-electron chi connectivity index (χ2n) is 6.03. The van der Waals surface area contributed by atoms with Crippen molar-refractivity contribution < 1.29 is 9.53 Å². The highest BCUT2D eigenvalue weighted by Crippen LogP contribution is 2.22. The van der Waals surface area contributed by atoms with E-state index in [0.717, 1.165) is 18.4 Å². The summed E-state index contributed by atoms with van der Waals surface area (Å²) in [6.45, 7) is 2.13. The second kappa shape index (κ2) is 8.49. The van der Waals surface area contributed by atoms with E-state index in [9.17, 15) is 4.79 Å². The van der Waals surface area contributed by atoms with Gasteiger partial charge in [0.25, 0.3) is 0 Å². The molecule has 0 N–H and O–H groups in total. The molecule has 3 heteroatoms. The number of hydrogen-bond acceptors (Lipinski definition) is 3. The third-order valence-electron chi connectivity index (χ3n) is 4.04. The Labute approximate surface area is 138 Å². The summed E-state index contributed by atoms with van der Waals surface area (Å²) >= 11 is 0. The first-order valence-electron chi connectivity index (χ1n) is 8.07. The third kappa shape index (κ3) is 5.53. The first-order chi connectivity index (χ1) is 11.1. The average molecular weight is 311 g/mol. The van der Waals surface area contributed by atoms with E-state index < -0.39 is 0 Å². The van der Waals surface area contributed by atoms with Crippen molar-refractivity contribution in [2.24, 2.45) is 0 Å². The summed E-state index contributed by atoms with van der Waals surface area (Å²) in [5.41, 5.74) is 2.40. The van der Waals surface area contributed by atoms with Gasteiger partial charge in [-0.25, -0.2) is 0 Å². The van der Waals surface area contributed by atoms with Crippen molar-refractivity contribution in [3.8, 4) is 5.75 Å². The summed E-state index contributed by atoms with van der Waals surface area (Å²) in [5.74, 6) is 0.455. The Kier molecular flexibility index (Phi) is 6.36. The van der Waals surface area contributed by atoms with Crippen molar-refractivity contribution in [1.29, 1.82) is 0 Å². The molecule has 0 amide bonds. The minimum absolute atomic E-state index is 0.171. The molecule has 3 nitrogen and oxygen atoms in total. The van der Waals surface area contributed by atoms with Gasteiger partial charge >= 0.3 is 5.97 Å². The van der Waals surface area contributed by atoms with Crippen LogP contribution in [0.15, 0.2) is 54.6 Å². The van der Waals surface area contributed by atoms with Crippen LogP contribution in [0.25, 0.3) is 0 Å². The van der Waals surface area contributed by atoms with E-state index in [-0.39, 0.29) is 12.0 Å².